The van der Waals surface area contributed by atoms with Crippen LogP contribution in [0.5, 0.6) is 0 Å². The lowest BCUT2D eigenvalue weighted by molar-refractivity contribution is -0.139. The molecule has 0 saturated carbocycles. The molecule has 20 heavy (non-hydrogen) atoms. The Morgan fingerprint density at radius 3 is 3.05 bits per heavy atom. The summed E-state index contributed by atoms with van der Waals surface area (Å²) in [5.74, 6) is 0.112. The highest BCUT2D eigenvalue weighted by atomic mass is 16.2. The molecule has 6 heteroatoms. The van der Waals surface area contributed by atoms with Crippen LogP contribution in [-0.4, -0.2) is 46.0 Å². The van der Waals surface area contributed by atoms with E-state index in [1.54, 1.807) is 11.1 Å². The summed E-state index contributed by atoms with van der Waals surface area (Å²) < 4.78 is 0. The lowest BCUT2D eigenvalue weighted by Crippen LogP contribution is -2.48. The monoisotopic (exact) mass is 278 g/mol. The van der Waals surface area contributed by atoms with Crippen molar-refractivity contribution < 1.29 is 9.59 Å². The number of amides is 2. The van der Waals surface area contributed by atoms with E-state index < -0.39 is 0 Å². The molecule has 1 aliphatic rings. The Labute approximate surface area is 118 Å². The molecule has 1 aromatic rings. The SMILES string of the molecule is CC(C)N1CC(C(=O)NCCc2ccn[nH]2)CCC1=O. The van der Waals surface area contributed by atoms with E-state index in [2.05, 4.69) is 15.5 Å². The highest BCUT2D eigenvalue weighted by Gasteiger charge is 2.31. The predicted octanol–water partition coefficient (Wildman–Crippen LogP) is 0.715. The zero-order chi connectivity index (χ0) is 14.5. The summed E-state index contributed by atoms with van der Waals surface area (Å²) in [6.45, 7) is 5.09. The van der Waals surface area contributed by atoms with Gasteiger partial charge in [-0.2, -0.15) is 5.10 Å². The van der Waals surface area contributed by atoms with Crippen molar-refractivity contribution in [3.8, 4) is 0 Å². The maximum atomic E-state index is 12.1. The number of nitrogens with one attached hydrogen (secondary N) is 2. The second kappa shape index (κ2) is 6.54. The first kappa shape index (κ1) is 14.6. The quantitative estimate of drug-likeness (QED) is 0.833. The largest absolute Gasteiger partial charge is 0.355 e. The first-order chi connectivity index (χ1) is 9.58. The number of aromatic nitrogens is 2. The molecule has 0 spiro atoms. The summed E-state index contributed by atoms with van der Waals surface area (Å²) in [7, 11) is 0. The van der Waals surface area contributed by atoms with Crippen LogP contribution >= 0.6 is 0 Å². The third-order valence-corrected chi connectivity index (χ3v) is 3.69. The van der Waals surface area contributed by atoms with Gasteiger partial charge in [0.05, 0.1) is 5.92 Å². The third kappa shape index (κ3) is 3.59. The Bertz CT molecular complexity index is 456. The van der Waals surface area contributed by atoms with E-state index in [9.17, 15) is 9.59 Å². The average molecular weight is 278 g/mol. The van der Waals surface area contributed by atoms with Gasteiger partial charge in [-0.25, -0.2) is 0 Å². The van der Waals surface area contributed by atoms with Crippen LogP contribution in [0.25, 0.3) is 0 Å². The lowest BCUT2D eigenvalue weighted by atomic mass is 9.95. The summed E-state index contributed by atoms with van der Waals surface area (Å²) >= 11 is 0. The zero-order valence-electron chi connectivity index (χ0n) is 12.1. The molecular formula is C14H22N4O2. The molecular weight excluding hydrogens is 256 g/mol. The van der Waals surface area contributed by atoms with E-state index >= 15 is 0 Å². The topological polar surface area (TPSA) is 78.1 Å². The molecule has 2 rings (SSSR count). The van der Waals surface area contributed by atoms with Crippen LogP contribution in [0.3, 0.4) is 0 Å². The molecule has 2 N–H and O–H groups in total. The number of hydrogen-bond donors (Lipinski definition) is 2. The van der Waals surface area contributed by atoms with Gasteiger partial charge >= 0.3 is 0 Å². The van der Waals surface area contributed by atoms with Crippen molar-refractivity contribution in [2.24, 2.45) is 5.92 Å². The predicted molar refractivity (Wildman–Crippen MR) is 74.9 cm³/mol. The van der Waals surface area contributed by atoms with Crippen LogP contribution in [-0.2, 0) is 16.0 Å². The number of aromatic amines is 1. The summed E-state index contributed by atoms with van der Waals surface area (Å²) in [5.41, 5.74) is 1.01. The third-order valence-electron chi connectivity index (χ3n) is 3.69. The zero-order valence-corrected chi connectivity index (χ0v) is 12.1. The summed E-state index contributed by atoms with van der Waals surface area (Å²) in [4.78, 5) is 25.7. The second-order valence-corrected chi connectivity index (χ2v) is 5.50. The number of likely N-dealkylation sites (tertiary alicyclic amines) is 1. The molecule has 0 radical (unpaired) electrons. The lowest BCUT2D eigenvalue weighted by Gasteiger charge is -2.34. The Kier molecular flexibility index (Phi) is 4.76. The molecule has 0 aliphatic carbocycles. The van der Waals surface area contributed by atoms with E-state index in [1.165, 1.54) is 0 Å². The van der Waals surface area contributed by atoms with Gasteiger partial charge in [0.15, 0.2) is 0 Å². The number of hydrogen-bond acceptors (Lipinski definition) is 3. The first-order valence-corrected chi connectivity index (χ1v) is 7.13. The van der Waals surface area contributed by atoms with Gasteiger partial charge in [-0.15, -0.1) is 0 Å². The van der Waals surface area contributed by atoms with Crippen molar-refractivity contribution in [1.82, 2.24) is 20.4 Å². The molecule has 1 aliphatic heterocycles. The molecule has 110 valence electrons. The maximum absolute atomic E-state index is 12.1. The van der Waals surface area contributed by atoms with Gasteiger partial charge in [0.25, 0.3) is 0 Å². The van der Waals surface area contributed by atoms with Crippen molar-refractivity contribution in [1.29, 1.82) is 0 Å². The smallest absolute Gasteiger partial charge is 0.224 e. The van der Waals surface area contributed by atoms with Gasteiger partial charge in [-0.1, -0.05) is 0 Å². The van der Waals surface area contributed by atoms with E-state index in [4.69, 9.17) is 0 Å². The van der Waals surface area contributed by atoms with Crippen molar-refractivity contribution in [3.05, 3.63) is 18.0 Å². The molecule has 1 unspecified atom stereocenters. The van der Waals surface area contributed by atoms with Crippen LogP contribution in [0.1, 0.15) is 32.4 Å². The van der Waals surface area contributed by atoms with Crippen LogP contribution in [0.2, 0.25) is 0 Å². The fraction of sp³-hybridized carbons (Fsp3) is 0.643. The number of H-pyrrole nitrogens is 1. The van der Waals surface area contributed by atoms with E-state index in [-0.39, 0.29) is 23.8 Å². The number of piperidine rings is 1. The highest BCUT2D eigenvalue weighted by Crippen LogP contribution is 2.19. The molecule has 1 atom stereocenters. The van der Waals surface area contributed by atoms with Crippen LogP contribution in [0.4, 0.5) is 0 Å². The summed E-state index contributed by atoms with van der Waals surface area (Å²) in [5, 5.41) is 9.67. The molecule has 0 aromatic carbocycles. The standard InChI is InChI=1S/C14H22N4O2/c1-10(2)18-9-11(3-4-13(18)19)14(20)15-7-5-12-6-8-16-17-12/h6,8,10-11H,3-5,7,9H2,1-2H3,(H,15,20)(H,16,17). The van der Waals surface area contributed by atoms with Crippen LogP contribution in [0.15, 0.2) is 12.3 Å². The van der Waals surface area contributed by atoms with Gasteiger partial charge in [0.1, 0.15) is 0 Å². The number of rotatable bonds is 5. The molecule has 1 saturated heterocycles. The fourth-order valence-corrected chi connectivity index (χ4v) is 2.47. The van der Waals surface area contributed by atoms with Gasteiger partial charge in [-0.05, 0) is 26.3 Å². The number of carbonyl (C=O) groups is 2. The van der Waals surface area contributed by atoms with E-state index in [0.717, 1.165) is 12.1 Å². The van der Waals surface area contributed by atoms with Crippen molar-refractivity contribution >= 4 is 11.8 Å². The van der Waals surface area contributed by atoms with Gasteiger partial charge in [-0.3, -0.25) is 14.7 Å². The molecule has 1 fully saturated rings. The Balaban J connectivity index is 1.79. The maximum Gasteiger partial charge on any atom is 0.224 e. The van der Waals surface area contributed by atoms with Gasteiger partial charge in [0.2, 0.25) is 11.8 Å². The number of nitrogens with zero attached hydrogens (tertiary/aromatic N) is 2. The van der Waals surface area contributed by atoms with Crippen molar-refractivity contribution in [3.63, 3.8) is 0 Å². The number of carbonyl (C=O) groups excluding carboxylic acids is 2. The minimum absolute atomic E-state index is 0.0441. The Morgan fingerprint density at radius 1 is 1.60 bits per heavy atom. The summed E-state index contributed by atoms with van der Waals surface area (Å²) in [6.07, 6.45) is 3.56. The van der Waals surface area contributed by atoms with Crippen molar-refractivity contribution in [2.75, 3.05) is 13.1 Å². The Morgan fingerprint density at radius 2 is 2.40 bits per heavy atom. The van der Waals surface area contributed by atoms with Crippen LogP contribution in [0, 0.1) is 5.92 Å². The molecule has 2 amide bonds. The molecule has 2 heterocycles. The van der Waals surface area contributed by atoms with E-state index in [1.807, 2.05) is 19.9 Å². The minimum Gasteiger partial charge on any atom is -0.355 e. The highest BCUT2D eigenvalue weighted by molar-refractivity contribution is 5.83. The fourth-order valence-electron chi connectivity index (χ4n) is 2.47. The Hall–Kier alpha value is -1.85. The van der Waals surface area contributed by atoms with Crippen molar-refractivity contribution in [2.45, 2.75) is 39.2 Å². The normalized spacial score (nSPS) is 19.4. The average Bonchev–Trinajstić information content (AvgIpc) is 2.92. The second-order valence-electron chi connectivity index (χ2n) is 5.50. The first-order valence-electron chi connectivity index (χ1n) is 7.13. The van der Waals surface area contributed by atoms with Gasteiger partial charge in [0, 0.05) is 43.9 Å². The molecule has 6 nitrogen and oxygen atoms in total. The van der Waals surface area contributed by atoms with Crippen LogP contribution < -0.4 is 5.32 Å². The molecule has 0 bridgehead atoms. The minimum atomic E-state index is -0.0862. The molecule has 1 aromatic heterocycles. The summed E-state index contributed by atoms with van der Waals surface area (Å²) in [6, 6.07) is 2.05. The van der Waals surface area contributed by atoms with E-state index in [0.29, 0.717) is 25.9 Å². The van der Waals surface area contributed by atoms with Gasteiger partial charge < -0.3 is 10.2 Å².